The SMILES string of the molecule is COC1=CC(=O)C[C@@H](C)[C@]12Oc1c(Cl)c(C(=O)O)cc(OC)c1C2=O. The van der Waals surface area contributed by atoms with Crippen molar-refractivity contribution in [1.29, 1.82) is 0 Å². The summed E-state index contributed by atoms with van der Waals surface area (Å²) >= 11 is 6.17. The summed E-state index contributed by atoms with van der Waals surface area (Å²) in [6.45, 7) is 1.69. The van der Waals surface area contributed by atoms with Gasteiger partial charge in [-0.15, -0.1) is 0 Å². The maximum Gasteiger partial charge on any atom is 0.337 e. The molecule has 0 unspecified atom stereocenters. The van der Waals surface area contributed by atoms with Gasteiger partial charge in [0, 0.05) is 18.4 Å². The highest BCUT2D eigenvalue weighted by molar-refractivity contribution is 6.36. The molecule has 0 fully saturated rings. The Hall–Kier alpha value is -2.54. The predicted octanol–water partition coefficient (Wildman–Crippen LogP) is 2.50. The highest BCUT2D eigenvalue weighted by Crippen LogP contribution is 2.52. The number of allylic oxidation sites excluding steroid dienone is 1. The first-order valence-electron chi connectivity index (χ1n) is 7.44. The van der Waals surface area contributed by atoms with E-state index in [2.05, 4.69) is 0 Å². The summed E-state index contributed by atoms with van der Waals surface area (Å²) in [7, 11) is 2.65. The maximum atomic E-state index is 13.2. The van der Waals surface area contributed by atoms with E-state index in [-0.39, 0.29) is 45.6 Å². The molecule has 2 aliphatic rings. The standard InChI is InChI=1S/C17H15ClO7/c1-7-4-8(19)5-11(24-3)17(7)15(20)12-10(23-2)6-9(16(21)22)13(18)14(12)25-17/h5-7H,4H2,1-3H3,(H,21,22)/t7-,17+/m1/s1. The van der Waals surface area contributed by atoms with Gasteiger partial charge in [-0.3, -0.25) is 9.59 Å². The molecular weight excluding hydrogens is 352 g/mol. The topological polar surface area (TPSA) is 99.1 Å². The van der Waals surface area contributed by atoms with Crippen molar-refractivity contribution in [2.75, 3.05) is 14.2 Å². The van der Waals surface area contributed by atoms with Crippen molar-refractivity contribution in [3.63, 3.8) is 0 Å². The average molecular weight is 367 g/mol. The molecule has 0 radical (unpaired) electrons. The van der Waals surface area contributed by atoms with Crippen LogP contribution in [-0.4, -0.2) is 42.5 Å². The Morgan fingerprint density at radius 2 is 2.04 bits per heavy atom. The Morgan fingerprint density at radius 3 is 2.60 bits per heavy atom. The fourth-order valence-corrected chi connectivity index (χ4v) is 3.60. The van der Waals surface area contributed by atoms with Crippen molar-refractivity contribution < 1.29 is 33.7 Å². The van der Waals surface area contributed by atoms with Gasteiger partial charge in [-0.25, -0.2) is 4.79 Å². The van der Waals surface area contributed by atoms with Gasteiger partial charge < -0.3 is 19.3 Å². The molecule has 0 amide bonds. The minimum Gasteiger partial charge on any atom is -0.496 e. The normalized spacial score (nSPS) is 24.6. The zero-order chi connectivity index (χ0) is 18.5. The van der Waals surface area contributed by atoms with Crippen LogP contribution in [0.15, 0.2) is 17.9 Å². The van der Waals surface area contributed by atoms with Crippen LogP contribution in [0.25, 0.3) is 0 Å². The van der Waals surface area contributed by atoms with E-state index in [1.165, 1.54) is 26.4 Å². The number of carboxylic acid groups (broad SMARTS) is 1. The Labute approximate surface area is 148 Å². The second-order valence-electron chi connectivity index (χ2n) is 5.90. The molecule has 2 atom stereocenters. The first-order chi connectivity index (χ1) is 11.8. The largest absolute Gasteiger partial charge is 0.496 e. The molecule has 1 spiro atoms. The third-order valence-corrected chi connectivity index (χ3v) is 4.92. The summed E-state index contributed by atoms with van der Waals surface area (Å²) < 4.78 is 16.3. The number of carbonyl (C=O) groups is 3. The molecule has 0 aromatic heterocycles. The molecular formula is C17H15ClO7. The first kappa shape index (κ1) is 17.3. The molecule has 1 aromatic carbocycles. The van der Waals surface area contributed by atoms with E-state index in [1.807, 2.05) is 0 Å². The van der Waals surface area contributed by atoms with Gasteiger partial charge in [0.25, 0.3) is 0 Å². The van der Waals surface area contributed by atoms with Crippen molar-refractivity contribution in [1.82, 2.24) is 0 Å². The number of ketones is 2. The van der Waals surface area contributed by atoms with Crippen molar-refractivity contribution >= 4 is 29.1 Å². The number of benzene rings is 1. The van der Waals surface area contributed by atoms with Crippen molar-refractivity contribution in [3.05, 3.63) is 34.1 Å². The fourth-order valence-electron chi connectivity index (χ4n) is 3.33. The Morgan fingerprint density at radius 1 is 1.36 bits per heavy atom. The Kier molecular flexibility index (Phi) is 3.99. The third-order valence-electron chi connectivity index (χ3n) is 4.54. The maximum absolute atomic E-state index is 13.2. The summed E-state index contributed by atoms with van der Waals surface area (Å²) in [5.74, 6) is -2.46. The lowest BCUT2D eigenvalue weighted by molar-refractivity contribution is -0.118. The lowest BCUT2D eigenvalue weighted by Gasteiger charge is -2.36. The molecule has 25 heavy (non-hydrogen) atoms. The van der Waals surface area contributed by atoms with Crippen molar-refractivity contribution in [2.45, 2.75) is 18.9 Å². The van der Waals surface area contributed by atoms with E-state index in [4.69, 9.17) is 25.8 Å². The molecule has 0 saturated carbocycles. The van der Waals surface area contributed by atoms with Crippen LogP contribution >= 0.6 is 11.6 Å². The molecule has 1 aromatic rings. The smallest absolute Gasteiger partial charge is 0.337 e. The van der Waals surface area contributed by atoms with Gasteiger partial charge in [0.1, 0.15) is 11.3 Å². The van der Waals surface area contributed by atoms with Crippen LogP contribution in [-0.2, 0) is 9.53 Å². The minimum absolute atomic E-state index is 0.0400. The summed E-state index contributed by atoms with van der Waals surface area (Å²) in [5.41, 5.74) is -1.77. The molecule has 8 heteroatoms. The zero-order valence-electron chi connectivity index (χ0n) is 13.7. The van der Waals surface area contributed by atoms with Crippen molar-refractivity contribution in [3.8, 4) is 11.5 Å². The molecule has 1 aliphatic carbocycles. The summed E-state index contributed by atoms with van der Waals surface area (Å²) in [4.78, 5) is 36.5. The first-order valence-corrected chi connectivity index (χ1v) is 7.82. The van der Waals surface area contributed by atoms with Crippen LogP contribution in [0.1, 0.15) is 34.1 Å². The fraction of sp³-hybridized carbons (Fsp3) is 0.353. The van der Waals surface area contributed by atoms with Gasteiger partial charge in [0.05, 0.1) is 24.8 Å². The summed E-state index contributed by atoms with van der Waals surface area (Å²) in [6, 6.07) is 1.18. The second-order valence-corrected chi connectivity index (χ2v) is 6.28. The summed E-state index contributed by atoms with van der Waals surface area (Å²) in [5, 5.41) is 9.11. The minimum atomic E-state index is -1.57. The molecule has 1 heterocycles. The highest BCUT2D eigenvalue weighted by Gasteiger charge is 2.59. The average Bonchev–Trinajstić information content (AvgIpc) is 2.87. The van der Waals surface area contributed by atoms with Crippen LogP contribution in [0.3, 0.4) is 0 Å². The monoisotopic (exact) mass is 366 g/mol. The van der Waals surface area contributed by atoms with E-state index < -0.39 is 23.3 Å². The number of aromatic carboxylic acids is 1. The number of carbonyl (C=O) groups excluding carboxylic acids is 2. The number of halogens is 1. The molecule has 3 rings (SSSR count). The van der Waals surface area contributed by atoms with Gasteiger partial charge in [0.15, 0.2) is 17.3 Å². The van der Waals surface area contributed by atoms with Crippen LogP contribution in [0.4, 0.5) is 0 Å². The lowest BCUT2D eigenvalue weighted by atomic mass is 9.75. The lowest BCUT2D eigenvalue weighted by Crippen LogP contribution is -2.51. The molecule has 0 saturated heterocycles. The zero-order valence-corrected chi connectivity index (χ0v) is 14.5. The van der Waals surface area contributed by atoms with E-state index >= 15 is 0 Å². The van der Waals surface area contributed by atoms with E-state index in [0.717, 1.165) is 0 Å². The number of rotatable bonds is 3. The van der Waals surface area contributed by atoms with Crippen LogP contribution in [0.5, 0.6) is 11.5 Å². The molecule has 1 aliphatic heterocycles. The third kappa shape index (κ3) is 2.22. The van der Waals surface area contributed by atoms with Crippen molar-refractivity contribution in [2.24, 2.45) is 5.92 Å². The molecule has 1 N–H and O–H groups in total. The van der Waals surface area contributed by atoms with Gasteiger partial charge in [-0.05, 0) is 6.07 Å². The number of ether oxygens (including phenoxy) is 3. The number of fused-ring (bicyclic) bond motifs is 1. The predicted molar refractivity (Wildman–Crippen MR) is 86.5 cm³/mol. The van der Waals surface area contributed by atoms with Gasteiger partial charge in [0.2, 0.25) is 11.4 Å². The molecule has 132 valence electrons. The van der Waals surface area contributed by atoms with Gasteiger partial charge in [-0.2, -0.15) is 0 Å². The van der Waals surface area contributed by atoms with E-state index in [1.54, 1.807) is 6.92 Å². The van der Waals surface area contributed by atoms with E-state index in [0.29, 0.717) is 0 Å². The number of methoxy groups -OCH3 is 2. The van der Waals surface area contributed by atoms with Crippen LogP contribution in [0.2, 0.25) is 5.02 Å². The second kappa shape index (κ2) is 5.77. The number of carboxylic acids is 1. The Balaban J connectivity index is 2.28. The number of hydrogen-bond acceptors (Lipinski definition) is 6. The quantitative estimate of drug-likeness (QED) is 0.877. The van der Waals surface area contributed by atoms with Gasteiger partial charge >= 0.3 is 5.97 Å². The van der Waals surface area contributed by atoms with E-state index in [9.17, 15) is 19.5 Å². The van der Waals surface area contributed by atoms with Gasteiger partial charge in [-0.1, -0.05) is 18.5 Å². The molecule has 0 bridgehead atoms. The summed E-state index contributed by atoms with van der Waals surface area (Å²) in [6.07, 6.45) is 1.31. The van der Waals surface area contributed by atoms with Crippen LogP contribution in [0, 0.1) is 5.92 Å². The number of hydrogen-bond donors (Lipinski definition) is 1. The molecule has 7 nitrogen and oxygen atoms in total. The number of Topliss-reactive ketones (excluding diaryl/α,β-unsaturated/α-hetero) is 1. The van der Waals surface area contributed by atoms with Crippen LogP contribution < -0.4 is 9.47 Å². The highest BCUT2D eigenvalue weighted by atomic mass is 35.5. The Bertz CT molecular complexity index is 842.